The zero-order valence-electron chi connectivity index (χ0n) is 18.8. The fraction of sp³-hybridized carbons (Fsp3) is 0.583. The molecule has 0 aliphatic rings. The lowest BCUT2D eigenvalue weighted by molar-refractivity contribution is -0.145. The van der Waals surface area contributed by atoms with Gasteiger partial charge in [0.2, 0.25) is 0 Å². The number of unbranched alkanes of at least 4 members (excludes halogenated alkanes) is 1. The molecule has 1 rings (SSSR count). The fourth-order valence-electron chi connectivity index (χ4n) is 2.84. The highest BCUT2D eigenvalue weighted by Crippen LogP contribution is 2.17. The van der Waals surface area contributed by atoms with Gasteiger partial charge >= 0.3 is 11.9 Å². The van der Waals surface area contributed by atoms with E-state index < -0.39 is 0 Å². The molecule has 0 aliphatic carbocycles. The van der Waals surface area contributed by atoms with Gasteiger partial charge in [0.05, 0.1) is 33.4 Å². The van der Waals surface area contributed by atoms with Crippen molar-refractivity contribution in [3.05, 3.63) is 47.5 Å². The maximum Gasteiger partial charge on any atom is 0.322 e. The van der Waals surface area contributed by atoms with E-state index in [-0.39, 0.29) is 30.3 Å². The summed E-state index contributed by atoms with van der Waals surface area (Å²) in [5.41, 5.74) is 2.23. The zero-order chi connectivity index (χ0) is 22.2. The first-order valence-corrected chi connectivity index (χ1v) is 10.7. The van der Waals surface area contributed by atoms with Gasteiger partial charge < -0.3 is 19.5 Å². The molecule has 1 N–H and O–H groups in total. The summed E-state index contributed by atoms with van der Waals surface area (Å²) in [5, 5.41) is 3.21. The molecule has 0 heterocycles. The normalized spacial score (nSPS) is 13.5. The van der Waals surface area contributed by atoms with E-state index >= 15 is 0 Å². The first-order valence-electron chi connectivity index (χ1n) is 10.7. The molecule has 0 fully saturated rings. The summed E-state index contributed by atoms with van der Waals surface area (Å²) in [5.74, 6) is -0.361. The zero-order valence-corrected chi connectivity index (χ0v) is 18.8. The van der Waals surface area contributed by atoms with Gasteiger partial charge in [0, 0.05) is 5.92 Å². The highest BCUT2D eigenvalue weighted by molar-refractivity contribution is 5.75. The molecule has 0 saturated heterocycles. The van der Waals surface area contributed by atoms with Crippen LogP contribution in [0, 0.1) is 5.92 Å². The van der Waals surface area contributed by atoms with Crippen molar-refractivity contribution in [2.24, 2.45) is 5.92 Å². The average Bonchev–Trinajstić information content (AvgIpc) is 2.76. The number of benzene rings is 1. The molecule has 0 saturated carbocycles. The van der Waals surface area contributed by atoms with Gasteiger partial charge in [-0.25, -0.2) is 0 Å². The minimum Gasteiger partial charge on any atom is -0.469 e. The summed E-state index contributed by atoms with van der Waals surface area (Å²) in [7, 11) is 1.38. The molecule has 0 aliphatic heterocycles. The van der Waals surface area contributed by atoms with Crippen molar-refractivity contribution in [1.82, 2.24) is 5.32 Å². The summed E-state index contributed by atoms with van der Waals surface area (Å²) in [6, 6.07) is 9.65. The van der Waals surface area contributed by atoms with Crippen molar-refractivity contribution in [3.8, 4) is 0 Å². The van der Waals surface area contributed by atoms with E-state index in [0.29, 0.717) is 32.8 Å². The van der Waals surface area contributed by atoms with Crippen LogP contribution in [-0.2, 0) is 30.4 Å². The Bertz CT molecular complexity index is 644. The molecule has 30 heavy (non-hydrogen) atoms. The van der Waals surface area contributed by atoms with Gasteiger partial charge in [-0.2, -0.15) is 0 Å². The largest absolute Gasteiger partial charge is 0.469 e. The van der Waals surface area contributed by atoms with Crippen LogP contribution in [-0.4, -0.2) is 44.8 Å². The van der Waals surface area contributed by atoms with Crippen molar-refractivity contribution < 1.29 is 23.8 Å². The van der Waals surface area contributed by atoms with Gasteiger partial charge in [0.25, 0.3) is 0 Å². The monoisotopic (exact) mass is 419 g/mol. The Morgan fingerprint density at radius 3 is 2.57 bits per heavy atom. The number of carbonyl (C=O) groups is 2. The molecule has 0 aromatic heterocycles. The maximum atomic E-state index is 12.0. The first-order chi connectivity index (χ1) is 14.5. The first kappa shape index (κ1) is 25.9. The van der Waals surface area contributed by atoms with Crippen molar-refractivity contribution >= 4 is 11.9 Å². The molecule has 2 atom stereocenters. The van der Waals surface area contributed by atoms with Gasteiger partial charge in [-0.1, -0.05) is 62.2 Å². The van der Waals surface area contributed by atoms with Crippen LogP contribution in [0.25, 0.3) is 0 Å². The highest BCUT2D eigenvalue weighted by atomic mass is 16.5. The predicted octanol–water partition coefficient (Wildman–Crippen LogP) is 4.04. The number of nitrogens with one attached hydrogen (secondary N) is 1. The lowest BCUT2D eigenvalue weighted by Gasteiger charge is -2.19. The van der Waals surface area contributed by atoms with Crippen LogP contribution in [0.3, 0.4) is 0 Å². The van der Waals surface area contributed by atoms with Gasteiger partial charge in [0.1, 0.15) is 6.04 Å². The molecule has 0 unspecified atom stereocenters. The molecule has 6 nitrogen and oxygen atoms in total. The Morgan fingerprint density at radius 2 is 1.90 bits per heavy atom. The summed E-state index contributed by atoms with van der Waals surface area (Å²) < 4.78 is 15.9. The SMILES string of the molecule is CCCCOC(=O)[C@@H](C)NCC/C(=C/CC(=O)OC)[C@@H](C)COCc1ccccc1. The number of methoxy groups -OCH3 is 1. The summed E-state index contributed by atoms with van der Waals surface area (Å²) in [4.78, 5) is 23.5. The van der Waals surface area contributed by atoms with Crippen LogP contribution < -0.4 is 5.32 Å². The smallest absolute Gasteiger partial charge is 0.322 e. The van der Waals surface area contributed by atoms with E-state index in [1.165, 1.54) is 7.11 Å². The molecular weight excluding hydrogens is 382 g/mol. The lowest BCUT2D eigenvalue weighted by Crippen LogP contribution is -2.36. The molecule has 0 radical (unpaired) electrons. The number of hydrogen-bond acceptors (Lipinski definition) is 6. The lowest BCUT2D eigenvalue weighted by atomic mass is 9.97. The van der Waals surface area contributed by atoms with Crippen molar-refractivity contribution in [1.29, 1.82) is 0 Å². The van der Waals surface area contributed by atoms with Crippen LogP contribution in [0.15, 0.2) is 42.0 Å². The minimum absolute atomic E-state index is 0.145. The quantitative estimate of drug-likeness (QED) is 0.263. The second-order valence-corrected chi connectivity index (χ2v) is 7.41. The van der Waals surface area contributed by atoms with Gasteiger partial charge in [-0.15, -0.1) is 0 Å². The topological polar surface area (TPSA) is 73.9 Å². The van der Waals surface area contributed by atoms with Crippen molar-refractivity contribution in [3.63, 3.8) is 0 Å². The predicted molar refractivity (Wildman–Crippen MR) is 118 cm³/mol. The third kappa shape index (κ3) is 11.1. The Balaban J connectivity index is 2.51. The Labute approximate surface area is 181 Å². The minimum atomic E-state index is -0.367. The van der Waals surface area contributed by atoms with E-state index in [1.807, 2.05) is 36.4 Å². The van der Waals surface area contributed by atoms with Crippen molar-refractivity contribution in [2.75, 3.05) is 26.9 Å². The molecule has 0 spiro atoms. The molecule has 168 valence electrons. The van der Waals surface area contributed by atoms with Crippen LogP contribution in [0.1, 0.15) is 52.0 Å². The number of hydrogen-bond donors (Lipinski definition) is 1. The van der Waals surface area contributed by atoms with Crippen LogP contribution in [0.5, 0.6) is 0 Å². The number of esters is 2. The Hall–Kier alpha value is -2.18. The average molecular weight is 420 g/mol. The van der Waals surface area contributed by atoms with E-state index in [0.717, 1.165) is 24.0 Å². The second kappa shape index (κ2) is 15.6. The fourth-order valence-corrected chi connectivity index (χ4v) is 2.84. The van der Waals surface area contributed by atoms with E-state index in [4.69, 9.17) is 14.2 Å². The molecule has 6 heteroatoms. The highest BCUT2D eigenvalue weighted by Gasteiger charge is 2.15. The Morgan fingerprint density at radius 1 is 1.17 bits per heavy atom. The van der Waals surface area contributed by atoms with E-state index in [1.54, 1.807) is 6.92 Å². The molecule has 0 amide bonds. The van der Waals surface area contributed by atoms with Crippen LogP contribution in [0.2, 0.25) is 0 Å². The van der Waals surface area contributed by atoms with Gasteiger partial charge in [0.15, 0.2) is 0 Å². The summed E-state index contributed by atoms with van der Waals surface area (Å²) in [6.07, 6.45) is 4.71. The van der Waals surface area contributed by atoms with Crippen molar-refractivity contribution in [2.45, 2.75) is 59.1 Å². The van der Waals surface area contributed by atoms with Crippen LogP contribution >= 0.6 is 0 Å². The third-order valence-electron chi connectivity index (χ3n) is 4.83. The standard InChI is InChI=1S/C24H37NO5/c1-5-6-16-30-24(27)20(3)25-15-14-22(12-13-23(26)28-4)19(2)17-29-18-21-10-8-7-9-11-21/h7-12,19-20,25H,5-6,13-18H2,1-4H3/b22-12-/t19-,20+/m0/s1. The maximum absolute atomic E-state index is 12.0. The molecular formula is C24H37NO5. The summed E-state index contributed by atoms with van der Waals surface area (Å²) >= 11 is 0. The molecule has 0 bridgehead atoms. The second-order valence-electron chi connectivity index (χ2n) is 7.41. The number of rotatable bonds is 15. The van der Waals surface area contributed by atoms with Gasteiger partial charge in [-0.3, -0.25) is 9.59 Å². The van der Waals surface area contributed by atoms with Crippen LogP contribution in [0.4, 0.5) is 0 Å². The summed E-state index contributed by atoms with van der Waals surface area (Å²) in [6.45, 7) is 8.11. The molecule has 1 aromatic rings. The Kier molecular flexibility index (Phi) is 13.5. The molecule has 1 aromatic carbocycles. The number of carbonyl (C=O) groups excluding carboxylic acids is 2. The van der Waals surface area contributed by atoms with Gasteiger partial charge in [-0.05, 0) is 31.9 Å². The third-order valence-corrected chi connectivity index (χ3v) is 4.83. The van der Waals surface area contributed by atoms with E-state index in [9.17, 15) is 9.59 Å². The van der Waals surface area contributed by atoms with E-state index in [2.05, 4.69) is 19.2 Å². The number of ether oxygens (including phenoxy) is 3.